The van der Waals surface area contributed by atoms with Gasteiger partial charge in [-0.3, -0.25) is 4.79 Å². The van der Waals surface area contributed by atoms with Gasteiger partial charge in [-0.1, -0.05) is 69.3 Å². The van der Waals surface area contributed by atoms with Gasteiger partial charge >= 0.3 is 6.09 Å². The Morgan fingerprint density at radius 3 is 2.20 bits per heavy atom. The number of fused-ring (bicyclic) bond motifs is 1. The molecule has 0 saturated heterocycles. The predicted molar refractivity (Wildman–Crippen MR) is 189 cm³/mol. The number of anilines is 1. The van der Waals surface area contributed by atoms with Crippen LogP contribution < -0.4 is 16.0 Å². The number of nitrogens with one attached hydrogen (secondary N) is 1. The van der Waals surface area contributed by atoms with Gasteiger partial charge in [0.2, 0.25) is 5.56 Å². The minimum Gasteiger partial charge on any atom is -0.487 e. The summed E-state index contributed by atoms with van der Waals surface area (Å²) in [6, 6.07) is 24.8. The summed E-state index contributed by atoms with van der Waals surface area (Å²) in [4.78, 5) is 31.0. The highest BCUT2D eigenvalue weighted by atomic mass is 28.4. The number of aromatic amines is 1. The third-order valence-electron chi connectivity index (χ3n) is 8.41. The molecule has 1 aromatic heterocycles. The van der Waals surface area contributed by atoms with E-state index in [1.807, 2.05) is 93.6 Å². The van der Waals surface area contributed by atoms with E-state index in [2.05, 4.69) is 38.8 Å². The van der Waals surface area contributed by atoms with E-state index in [0.717, 1.165) is 22.1 Å². The predicted octanol–water partition coefficient (Wildman–Crippen LogP) is 8.23. The molecule has 0 bridgehead atoms. The Morgan fingerprint density at radius 1 is 0.891 bits per heavy atom. The number of rotatable bonds is 11. The maximum Gasteiger partial charge on any atom is 0.410 e. The third-order valence-corrected chi connectivity index (χ3v) is 12.9. The average Bonchev–Trinajstić information content (AvgIpc) is 2.97. The number of carbonyl (C=O) groups is 1. The van der Waals surface area contributed by atoms with E-state index >= 15 is 0 Å². The maximum atomic E-state index is 13.7. The highest BCUT2D eigenvalue weighted by molar-refractivity contribution is 6.74. The first-order chi connectivity index (χ1) is 21.5. The molecule has 0 aliphatic heterocycles. The van der Waals surface area contributed by atoms with E-state index in [-0.39, 0.29) is 17.1 Å². The van der Waals surface area contributed by atoms with Crippen LogP contribution >= 0.6 is 0 Å². The molecule has 0 unspecified atom stereocenters. The van der Waals surface area contributed by atoms with Crippen molar-refractivity contribution in [2.45, 2.75) is 84.4 Å². The van der Waals surface area contributed by atoms with Gasteiger partial charge in [-0.2, -0.15) is 0 Å². The van der Waals surface area contributed by atoms with Gasteiger partial charge in [0.1, 0.15) is 18.0 Å². The highest BCUT2D eigenvalue weighted by Gasteiger charge is 2.41. The van der Waals surface area contributed by atoms with E-state index in [1.54, 1.807) is 4.90 Å². The zero-order chi connectivity index (χ0) is 33.7. The van der Waals surface area contributed by atoms with Crippen molar-refractivity contribution >= 4 is 31.0 Å². The van der Waals surface area contributed by atoms with Crippen molar-refractivity contribution < 1.29 is 18.7 Å². The summed E-state index contributed by atoms with van der Waals surface area (Å²) < 4.78 is 19.2. The van der Waals surface area contributed by atoms with Crippen LogP contribution in [0.15, 0.2) is 83.7 Å². The van der Waals surface area contributed by atoms with Crippen molar-refractivity contribution in [2.75, 3.05) is 18.8 Å². The number of nitrogen functional groups attached to an aromatic ring is 1. The lowest BCUT2D eigenvalue weighted by atomic mass is 10.0. The van der Waals surface area contributed by atoms with Crippen LogP contribution in [0.2, 0.25) is 18.1 Å². The molecule has 1 atom stereocenters. The molecule has 0 aliphatic carbocycles. The van der Waals surface area contributed by atoms with Gasteiger partial charge in [-0.25, -0.2) is 4.79 Å². The largest absolute Gasteiger partial charge is 0.487 e. The summed E-state index contributed by atoms with van der Waals surface area (Å²) in [6.45, 7) is 17.6. The van der Waals surface area contributed by atoms with Crippen molar-refractivity contribution in [1.29, 1.82) is 0 Å². The fraction of sp³-hybridized carbons (Fsp3) is 0.405. The second-order valence-electron chi connectivity index (χ2n) is 14.3. The van der Waals surface area contributed by atoms with Gasteiger partial charge in [-0.15, -0.1) is 0 Å². The van der Waals surface area contributed by atoms with Crippen molar-refractivity contribution in [3.63, 3.8) is 0 Å². The van der Waals surface area contributed by atoms with Gasteiger partial charge in [0.25, 0.3) is 0 Å². The Bertz CT molecular complexity index is 1670. The maximum absolute atomic E-state index is 13.7. The van der Waals surface area contributed by atoms with Crippen molar-refractivity contribution in [1.82, 2.24) is 9.88 Å². The molecule has 8 nitrogen and oxygen atoms in total. The lowest BCUT2D eigenvalue weighted by molar-refractivity contribution is 0.0160. The van der Waals surface area contributed by atoms with E-state index in [4.69, 9.17) is 19.6 Å². The van der Waals surface area contributed by atoms with Crippen LogP contribution in [-0.4, -0.2) is 43.0 Å². The molecule has 1 amide bonds. The molecule has 3 N–H and O–H groups in total. The molecule has 0 saturated carbocycles. The number of hydrogen-bond acceptors (Lipinski definition) is 6. The number of H-pyrrole nitrogens is 1. The topological polar surface area (TPSA) is 107 Å². The summed E-state index contributed by atoms with van der Waals surface area (Å²) in [5, 5.41) is 0.714. The number of ether oxygens (including phenoxy) is 2. The number of carbonyl (C=O) groups excluding carboxylic acids is 1. The molecule has 4 rings (SSSR count). The highest BCUT2D eigenvalue weighted by Crippen LogP contribution is 2.42. The SMILES string of the molecule is CC(C)(C)OC(=O)N(CCc1ccc(N)cc1)C[C@H](O[Si](C)(C)C(C)(C)C)c1ccc(OCc2ccccc2)c2[nH]c(=O)ccc12. The first-order valence-electron chi connectivity index (χ1n) is 15.9. The number of amides is 1. The lowest BCUT2D eigenvalue weighted by Gasteiger charge is -2.41. The van der Waals surface area contributed by atoms with Crippen molar-refractivity contribution in [3.05, 3.63) is 106 Å². The minimum atomic E-state index is -2.36. The quantitative estimate of drug-likeness (QED) is 0.126. The molecule has 1 heterocycles. The minimum absolute atomic E-state index is 0.0885. The zero-order valence-electron chi connectivity index (χ0n) is 28.5. The molecule has 0 aliphatic rings. The normalized spacial score (nSPS) is 13.0. The third kappa shape index (κ3) is 9.23. The van der Waals surface area contributed by atoms with Crippen molar-refractivity contribution in [3.8, 4) is 5.75 Å². The average molecular weight is 644 g/mol. The second kappa shape index (κ2) is 14.1. The van der Waals surface area contributed by atoms with Crippen LogP contribution in [0.1, 0.15) is 64.3 Å². The van der Waals surface area contributed by atoms with Gasteiger partial charge in [-0.05, 0) is 86.3 Å². The number of benzene rings is 3. The molecule has 3 aromatic carbocycles. The molecule has 0 radical (unpaired) electrons. The summed E-state index contributed by atoms with van der Waals surface area (Å²) in [5.41, 5.74) is 9.24. The Hall–Kier alpha value is -4.08. The monoisotopic (exact) mass is 643 g/mol. The Morgan fingerprint density at radius 2 is 1.57 bits per heavy atom. The van der Waals surface area contributed by atoms with Crippen LogP contribution in [0.5, 0.6) is 5.75 Å². The number of nitrogens with two attached hydrogens (primary N) is 1. The molecule has 0 fully saturated rings. The number of nitrogens with zero attached hydrogens (tertiary/aromatic N) is 1. The summed E-state index contributed by atoms with van der Waals surface area (Å²) in [6.07, 6.45) is -0.296. The Kier molecular flexibility index (Phi) is 10.7. The van der Waals surface area contributed by atoms with E-state index in [1.165, 1.54) is 6.07 Å². The Labute approximate surface area is 274 Å². The fourth-order valence-corrected chi connectivity index (χ4v) is 6.11. The zero-order valence-corrected chi connectivity index (χ0v) is 29.5. The summed E-state index contributed by atoms with van der Waals surface area (Å²) >= 11 is 0. The first kappa shape index (κ1) is 34.8. The molecule has 4 aromatic rings. The number of aromatic nitrogens is 1. The fourth-order valence-electron chi connectivity index (χ4n) is 4.85. The standard InChI is InChI=1S/C37H49N3O5Si/c1-36(2,3)44-35(42)40(23-22-26-14-16-28(38)17-15-26)24-32(45-46(7,8)37(4,5)6)29-18-20-31(34-30(29)19-21-33(41)39-34)43-25-27-12-10-9-11-13-27/h9-21,32H,22-25,38H2,1-8H3,(H,39,41)/t32-/m0/s1. The van der Waals surface area contributed by atoms with E-state index in [9.17, 15) is 9.59 Å². The molecule has 46 heavy (non-hydrogen) atoms. The van der Waals surface area contributed by atoms with Gasteiger partial charge in [0, 0.05) is 23.7 Å². The van der Waals surface area contributed by atoms with Crippen LogP contribution in [0.3, 0.4) is 0 Å². The molecule has 9 heteroatoms. The van der Waals surface area contributed by atoms with Crippen LogP contribution in [0.25, 0.3) is 10.9 Å². The van der Waals surface area contributed by atoms with Crippen LogP contribution in [0.4, 0.5) is 10.5 Å². The summed E-state index contributed by atoms with van der Waals surface area (Å²) in [7, 11) is -2.36. The van der Waals surface area contributed by atoms with Gasteiger partial charge in [0.15, 0.2) is 8.32 Å². The lowest BCUT2D eigenvalue weighted by Crippen LogP contribution is -2.46. The molecule has 246 valence electrons. The Balaban J connectivity index is 1.76. The molecular weight excluding hydrogens is 595 g/mol. The first-order valence-corrected chi connectivity index (χ1v) is 18.8. The number of pyridine rings is 1. The van der Waals surface area contributed by atoms with Gasteiger partial charge in [0.05, 0.1) is 18.2 Å². The van der Waals surface area contributed by atoms with Crippen LogP contribution in [0, 0.1) is 0 Å². The molecule has 0 spiro atoms. The van der Waals surface area contributed by atoms with E-state index in [0.29, 0.717) is 36.5 Å². The van der Waals surface area contributed by atoms with Crippen molar-refractivity contribution in [2.24, 2.45) is 0 Å². The smallest absolute Gasteiger partial charge is 0.410 e. The molecular formula is C37H49N3O5Si. The van der Waals surface area contributed by atoms with Gasteiger partial charge < -0.3 is 29.5 Å². The summed E-state index contributed by atoms with van der Waals surface area (Å²) in [5.74, 6) is 0.568. The van der Waals surface area contributed by atoms with Crippen LogP contribution in [-0.2, 0) is 22.2 Å². The van der Waals surface area contributed by atoms with E-state index < -0.39 is 26.1 Å². The second-order valence-corrected chi connectivity index (χ2v) is 19.1. The number of hydrogen-bond donors (Lipinski definition) is 2.